The Morgan fingerprint density at radius 3 is 2.30 bits per heavy atom. The zero-order valence-corrected chi connectivity index (χ0v) is 12.6. The maximum Gasteiger partial charge on any atom is 0.217 e. The van der Waals surface area contributed by atoms with E-state index in [4.69, 9.17) is 20.9 Å². The van der Waals surface area contributed by atoms with Gasteiger partial charge < -0.3 is 20.9 Å². The first-order valence-electron chi connectivity index (χ1n) is 6.65. The van der Waals surface area contributed by atoms with Crippen molar-refractivity contribution in [3.05, 3.63) is 23.3 Å². The summed E-state index contributed by atoms with van der Waals surface area (Å²) >= 11 is 0. The second-order valence-electron chi connectivity index (χ2n) is 5.18. The van der Waals surface area contributed by atoms with Gasteiger partial charge in [0.25, 0.3) is 0 Å². The Morgan fingerprint density at radius 2 is 1.80 bits per heavy atom. The van der Waals surface area contributed by atoms with Crippen molar-refractivity contribution in [1.29, 1.82) is 0 Å². The molecule has 0 saturated heterocycles. The van der Waals surface area contributed by atoms with E-state index in [-0.39, 0.29) is 17.9 Å². The SMILES string of the molecule is COc1cc(C)c(C(N)CC(C)CC(N)=O)cc1OC. The lowest BCUT2D eigenvalue weighted by Gasteiger charge is -2.20. The van der Waals surface area contributed by atoms with Gasteiger partial charge in [-0.2, -0.15) is 0 Å². The number of rotatable bonds is 7. The van der Waals surface area contributed by atoms with Gasteiger partial charge in [0.05, 0.1) is 14.2 Å². The summed E-state index contributed by atoms with van der Waals surface area (Å²) in [6.07, 6.45) is 1.04. The number of carbonyl (C=O) groups excluding carboxylic acids is 1. The molecule has 1 aromatic carbocycles. The summed E-state index contributed by atoms with van der Waals surface area (Å²) in [5.41, 5.74) is 13.5. The molecule has 5 nitrogen and oxygen atoms in total. The standard InChI is InChI=1S/C15H24N2O3/c1-9(6-15(17)18)5-12(16)11-8-14(20-4)13(19-3)7-10(11)2/h7-9,12H,5-6,16H2,1-4H3,(H2,17,18). The molecule has 0 aromatic heterocycles. The van der Waals surface area contributed by atoms with Gasteiger partial charge in [-0.1, -0.05) is 6.92 Å². The van der Waals surface area contributed by atoms with Crippen LogP contribution in [-0.4, -0.2) is 20.1 Å². The third-order valence-corrected chi connectivity index (χ3v) is 3.38. The minimum absolute atomic E-state index is 0.148. The van der Waals surface area contributed by atoms with Crippen molar-refractivity contribution in [1.82, 2.24) is 0 Å². The van der Waals surface area contributed by atoms with Crippen molar-refractivity contribution in [2.75, 3.05) is 14.2 Å². The summed E-state index contributed by atoms with van der Waals surface area (Å²) in [5, 5.41) is 0. The molecular formula is C15H24N2O3. The molecule has 20 heavy (non-hydrogen) atoms. The highest BCUT2D eigenvalue weighted by Gasteiger charge is 2.17. The predicted molar refractivity (Wildman–Crippen MR) is 78.8 cm³/mol. The van der Waals surface area contributed by atoms with Crippen molar-refractivity contribution in [3.8, 4) is 11.5 Å². The summed E-state index contributed by atoms with van der Waals surface area (Å²) in [7, 11) is 3.20. The van der Waals surface area contributed by atoms with Crippen molar-refractivity contribution >= 4 is 5.91 Å². The maximum atomic E-state index is 10.9. The van der Waals surface area contributed by atoms with Crippen molar-refractivity contribution in [2.45, 2.75) is 32.7 Å². The van der Waals surface area contributed by atoms with E-state index in [1.807, 2.05) is 26.0 Å². The molecule has 0 aliphatic rings. The Balaban J connectivity index is 2.92. The van der Waals surface area contributed by atoms with Gasteiger partial charge in [-0.15, -0.1) is 0 Å². The second-order valence-corrected chi connectivity index (χ2v) is 5.18. The van der Waals surface area contributed by atoms with Gasteiger partial charge >= 0.3 is 0 Å². The minimum atomic E-state index is -0.297. The van der Waals surface area contributed by atoms with Crippen LogP contribution in [0.15, 0.2) is 12.1 Å². The van der Waals surface area contributed by atoms with Gasteiger partial charge in [-0.25, -0.2) is 0 Å². The second kappa shape index (κ2) is 7.14. The summed E-state index contributed by atoms with van der Waals surface area (Å²) in [4.78, 5) is 10.9. The predicted octanol–water partition coefficient (Wildman–Crippen LogP) is 1.91. The molecule has 1 aromatic rings. The van der Waals surface area contributed by atoms with Crippen LogP contribution in [0.5, 0.6) is 11.5 Å². The lowest BCUT2D eigenvalue weighted by molar-refractivity contribution is -0.118. The van der Waals surface area contributed by atoms with Crippen LogP contribution in [0.25, 0.3) is 0 Å². The number of hydrogen-bond donors (Lipinski definition) is 2. The molecule has 0 heterocycles. The molecule has 0 radical (unpaired) electrons. The number of aryl methyl sites for hydroxylation is 1. The molecule has 0 aliphatic heterocycles. The van der Waals surface area contributed by atoms with Crippen LogP contribution in [0.1, 0.15) is 36.9 Å². The normalized spacial score (nSPS) is 13.7. The molecule has 0 bridgehead atoms. The Hall–Kier alpha value is -1.75. The third-order valence-electron chi connectivity index (χ3n) is 3.38. The van der Waals surface area contributed by atoms with Crippen LogP contribution in [0.2, 0.25) is 0 Å². The zero-order chi connectivity index (χ0) is 15.3. The van der Waals surface area contributed by atoms with E-state index in [2.05, 4.69) is 0 Å². The van der Waals surface area contributed by atoms with Crippen LogP contribution >= 0.6 is 0 Å². The number of carbonyl (C=O) groups is 1. The van der Waals surface area contributed by atoms with Gasteiger partial charge in [-0.05, 0) is 42.5 Å². The molecule has 112 valence electrons. The van der Waals surface area contributed by atoms with Crippen molar-refractivity contribution < 1.29 is 14.3 Å². The van der Waals surface area contributed by atoms with Gasteiger partial charge in [0.1, 0.15) is 0 Å². The average molecular weight is 280 g/mol. The van der Waals surface area contributed by atoms with Crippen LogP contribution < -0.4 is 20.9 Å². The average Bonchev–Trinajstić information content (AvgIpc) is 2.36. The fourth-order valence-electron chi connectivity index (χ4n) is 2.38. The molecule has 1 rings (SSSR count). The number of methoxy groups -OCH3 is 2. The molecule has 5 heteroatoms. The van der Waals surface area contributed by atoms with Crippen LogP contribution in [0.3, 0.4) is 0 Å². The fourth-order valence-corrected chi connectivity index (χ4v) is 2.38. The van der Waals surface area contributed by atoms with E-state index in [0.29, 0.717) is 24.3 Å². The van der Waals surface area contributed by atoms with Gasteiger partial charge in [-0.3, -0.25) is 4.79 Å². The van der Waals surface area contributed by atoms with Crippen molar-refractivity contribution in [2.24, 2.45) is 17.4 Å². The van der Waals surface area contributed by atoms with Crippen LogP contribution in [0.4, 0.5) is 0 Å². The Bertz CT molecular complexity index is 474. The molecule has 4 N–H and O–H groups in total. The van der Waals surface area contributed by atoms with Crippen LogP contribution in [0, 0.1) is 12.8 Å². The van der Waals surface area contributed by atoms with E-state index in [1.54, 1.807) is 14.2 Å². The van der Waals surface area contributed by atoms with E-state index in [1.165, 1.54) is 0 Å². The molecule has 0 spiro atoms. The fraction of sp³-hybridized carbons (Fsp3) is 0.533. The van der Waals surface area contributed by atoms with Gasteiger partial charge in [0, 0.05) is 12.5 Å². The van der Waals surface area contributed by atoms with Gasteiger partial charge in [0.15, 0.2) is 11.5 Å². The van der Waals surface area contributed by atoms with E-state index in [0.717, 1.165) is 11.1 Å². The summed E-state index contributed by atoms with van der Waals surface area (Å²) in [5.74, 6) is 1.20. The first-order valence-corrected chi connectivity index (χ1v) is 6.65. The highest BCUT2D eigenvalue weighted by molar-refractivity contribution is 5.73. The summed E-state index contributed by atoms with van der Waals surface area (Å²) in [6.45, 7) is 3.95. The van der Waals surface area contributed by atoms with Crippen LogP contribution in [-0.2, 0) is 4.79 Å². The van der Waals surface area contributed by atoms with E-state index < -0.39 is 0 Å². The van der Waals surface area contributed by atoms with Gasteiger partial charge in [0.2, 0.25) is 5.91 Å². The molecule has 2 atom stereocenters. The summed E-state index contributed by atoms with van der Waals surface area (Å²) < 4.78 is 10.6. The first-order chi connectivity index (χ1) is 9.38. The quantitative estimate of drug-likeness (QED) is 0.798. The molecule has 0 fully saturated rings. The number of hydrogen-bond acceptors (Lipinski definition) is 4. The Kier molecular flexibility index (Phi) is 5.82. The maximum absolute atomic E-state index is 10.9. The molecule has 0 saturated carbocycles. The Morgan fingerprint density at radius 1 is 1.25 bits per heavy atom. The number of nitrogens with two attached hydrogens (primary N) is 2. The molecule has 1 amide bonds. The summed E-state index contributed by atoms with van der Waals surface area (Å²) in [6, 6.07) is 3.65. The Labute approximate surface area is 120 Å². The number of benzene rings is 1. The molecule has 2 unspecified atom stereocenters. The monoisotopic (exact) mass is 280 g/mol. The molecular weight excluding hydrogens is 256 g/mol. The molecule has 0 aliphatic carbocycles. The third kappa shape index (κ3) is 4.13. The van der Waals surface area contributed by atoms with Crippen molar-refractivity contribution in [3.63, 3.8) is 0 Å². The highest BCUT2D eigenvalue weighted by atomic mass is 16.5. The lowest BCUT2D eigenvalue weighted by Crippen LogP contribution is -2.20. The smallest absolute Gasteiger partial charge is 0.217 e. The number of ether oxygens (including phenoxy) is 2. The largest absolute Gasteiger partial charge is 0.493 e. The number of primary amides is 1. The van der Waals surface area contributed by atoms with E-state index in [9.17, 15) is 4.79 Å². The first kappa shape index (κ1) is 16.3. The lowest BCUT2D eigenvalue weighted by atomic mass is 9.91. The number of amides is 1. The van der Waals surface area contributed by atoms with E-state index >= 15 is 0 Å². The topological polar surface area (TPSA) is 87.6 Å². The highest BCUT2D eigenvalue weighted by Crippen LogP contribution is 2.34. The zero-order valence-electron chi connectivity index (χ0n) is 12.6. The minimum Gasteiger partial charge on any atom is -0.493 e.